The maximum Gasteiger partial charge on any atom is 0.253 e. The number of sulfonamides is 1. The first-order valence-electron chi connectivity index (χ1n) is 8.13. The molecule has 2 atom stereocenters. The summed E-state index contributed by atoms with van der Waals surface area (Å²) < 4.78 is 27.0. The number of hydrogen-bond donors (Lipinski definition) is 2. The van der Waals surface area contributed by atoms with Gasteiger partial charge in [-0.05, 0) is 56.1 Å². The van der Waals surface area contributed by atoms with E-state index in [1.807, 2.05) is 0 Å². The van der Waals surface area contributed by atoms with Gasteiger partial charge in [-0.25, -0.2) is 8.42 Å². The minimum Gasteiger partial charge on any atom is -0.355 e. The van der Waals surface area contributed by atoms with Crippen LogP contribution in [0.15, 0.2) is 21.7 Å². The zero-order chi connectivity index (χ0) is 16.3. The minimum absolute atomic E-state index is 0.159. The molecule has 0 radical (unpaired) electrons. The Morgan fingerprint density at radius 1 is 1.43 bits per heavy atom. The standard InChI is InChI=1S/C15H23N3O3S2/c19-15(17-8-6-12-5-7-16-11-12)13-3-1-9-18(13)23(20,21)14-4-2-10-22-14/h2,4,10,12-13,16H,1,3,5-9,11H2,(H,17,19). The summed E-state index contributed by atoms with van der Waals surface area (Å²) in [6.45, 7) is 3.10. The van der Waals surface area contributed by atoms with Crippen molar-refractivity contribution in [3.63, 3.8) is 0 Å². The molecule has 3 rings (SSSR count). The highest BCUT2D eigenvalue weighted by molar-refractivity contribution is 7.91. The highest BCUT2D eigenvalue weighted by Gasteiger charge is 2.39. The van der Waals surface area contributed by atoms with Crippen molar-refractivity contribution in [2.75, 3.05) is 26.2 Å². The van der Waals surface area contributed by atoms with Gasteiger partial charge >= 0.3 is 0 Å². The molecule has 2 aliphatic heterocycles. The summed E-state index contributed by atoms with van der Waals surface area (Å²) in [7, 11) is -3.55. The number of thiophene rings is 1. The topological polar surface area (TPSA) is 78.5 Å². The Kier molecular flexibility index (Phi) is 5.35. The Balaban J connectivity index is 1.58. The lowest BCUT2D eigenvalue weighted by Gasteiger charge is -2.23. The van der Waals surface area contributed by atoms with E-state index < -0.39 is 16.1 Å². The number of nitrogens with one attached hydrogen (secondary N) is 2. The van der Waals surface area contributed by atoms with E-state index in [9.17, 15) is 13.2 Å². The van der Waals surface area contributed by atoms with E-state index in [1.54, 1.807) is 17.5 Å². The summed E-state index contributed by atoms with van der Waals surface area (Å²) in [5.41, 5.74) is 0. The first-order valence-corrected chi connectivity index (χ1v) is 10.4. The third kappa shape index (κ3) is 3.76. The Bertz CT molecular complexity index is 624. The number of carbonyl (C=O) groups is 1. The summed E-state index contributed by atoms with van der Waals surface area (Å²) in [6.07, 6.45) is 3.43. The fourth-order valence-corrected chi connectivity index (χ4v) is 6.07. The fraction of sp³-hybridized carbons (Fsp3) is 0.667. The summed E-state index contributed by atoms with van der Waals surface area (Å²) in [4.78, 5) is 12.4. The van der Waals surface area contributed by atoms with E-state index in [0.29, 0.717) is 29.6 Å². The lowest BCUT2D eigenvalue weighted by atomic mass is 10.1. The van der Waals surface area contributed by atoms with Crippen LogP contribution >= 0.6 is 11.3 Å². The van der Waals surface area contributed by atoms with E-state index in [4.69, 9.17) is 0 Å². The van der Waals surface area contributed by atoms with Crippen LogP contribution in [0.3, 0.4) is 0 Å². The third-order valence-corrected chi connectivity index (χ3v) is 7.86. The average Bonchev–Trinajstić information content (AvgIpc) is 3.27. The third-order valence-electron chi connectivity index (χ3n) is 4.58. The van der Waals surface area contributed by atoms with Crippen LogP contribution in [0.4, 0.5) is 0 Å². The van der Waals surface area contributed by atoms with E-state index in [2.05, 4.69) is 10.6 Å². The van der Waals surface area contributed by atoms with Crippen LogP contribution in [0.25, 0.3) is 0 Å². The monoisotopic (exact) mass is 357 g/mol. The summed E-state index contributed by atoms with van der Waals surface area (Å²) in [5.74, 6) is 0.457. The van der Waals surface area contributed by atoms with E-state index in [1.165, 1.54) is 15.6 Å². The van der Waals surface area contributed by atoms with Crippen molar-refractivity contribution in [2.24, 2.45) is 5.92 Å². The van der Waals surface area contributed by atoms with Crippen LogP contribution in [-0.2, 0) is 14.8 Å². The molecule has 0 bridgehead atoms. The molecule has 8 heteroatoms. The molecular formula is C15H23N3O3S2. The summed E-state index contributed by atoms with van der Waals surface area (Å²) in [5, 5.41) is 7.98. The van der Waals surface area contributed by atoms with Crippen molar-refractivity contribution in [1.29, 1.82) is 0 Å². The van der Waals surface area contributed by atoms with Gasteiger partial charge in [-0.2, -0.15) is 4.31 Å². The van der Waals surface area contributed by atoms with Crippen LogP contribution in [0.5, 0.6) is 0 Å². The van der Waals surface area contributed by atoms with Crippen molar-refractivity contribution >= 4 is 27.3 Å². The molecule has 0 aliphatic carbocycles. The molecular weight excluding hydrogens is 334 g/mol. The summed E-state index contributed by atoms with van der Waals surface area (Å²) >= 11 is 1.20. The molecule has 6 nitrogen and oxygen atoms in total. The average molecular weight is 358 g/mol. The molecule has 2 N–H and O–H groups in total. The second-order valence-electron chi connectivity index (χ2n) is 6.14. The normalized spacial score (nSPS) is 25.7. The number of hydrogen-bond acceptors (Lipinski definition) is 5. The number of rotatable bonds is 6. The van der Waals surface area contributed by atoms with Gasteiger partial charge in [0.05, 0.1) is 0 Å². The molecule has 0 saturated carbocycles. The zero-order valence-electron chi connectivity index (χ0n) is 13.0. The van der Waals surface area contributed by atoms with Gasteiger partial charge in [-0.3, -0.25) is 4.79 Å². The lowest BCUT2D eigenvalue weighted by Crippen LogP contribution is -2.46. The quantitative estimate of drug-likeness (QED) is 0.797. The van der Waals surface area contributed by atoms with Gasteiger partial charge < -0.3 is 10.6 Å². The zero-order valence-corrected chi connectivity index (χ0v) is 14.7. The van der Waals surface area contributed by atoms with Crippen LogP contribution in [0.1, 0.15) is 25.7 Å². The van der Waals surface area contributed by atoms with E-state index >= 15 is 0 Å². The van der Waals surface area contributed by atoms with Gasteiger partial charge in [-0.1, -0.05) is 6.07 Å². The smallest absolute Gasteiger partial charge is 0.253 e. The molecule has 3 heterocycles. The highest BCUT2D eigenvalue weighted by atomic mass is 32.2. The lowest BCUT2D eigenvalue weighted by molar-refractivity contribution is -0.124. The largest absolute Gasteiger partial charge is 0.355 e. The van der Waals surface area contributed by atoms with Crippen LogP contribution in [-0.4, -0.2) is 50.9 Å². The van der Waals surface area contributed by atoms with E-state index in [-0.39, 0.29) is 5.91 Å². The maximum atomic E-state index is 12.6. The summed E-state index contributed by atoms with van der Waals surface area (Å²) in [6, 6.07) is 2.75. The molecule has 2 fully saturated rings. The first kappa shape index (κ1) is 16.9. The molecule has 2 aliphatic rings. The maximum absolute atomic E-state index is 12.6. The predicted octanol–water partition coefficient (Wildman–Crippen LogP) is 1.02. The van der Waals surface area contributed by atoms with Crippen molar-refractivity contribution in [3.8, 4) is 0 Å². The van der Waals surface area contributed by atoms with Crippen molar-refractivity contribution in [2.45, 2.75) is 35.9 Å². The second kappa shape index (κ2) is 7.29. The van der Waals surface area contributed by atoms with E-state index in [0.717, 1.165) is 32.4 Å². The molecule has 128 valence electrons. The van der Waals surface area contributed by atoms with Gasteiger partial charge in [0.15, 0.2) is 0 Å². The van der Waals surface area contributed by atoms with Gasteiger partial charge in [0.2, 0.25) is 5.91 Å². The van der Waals surface area contributed by atoms with Gasteiger partial charge in [-0.15, -0.1) is 11.3 Å². The molecule has 2 saturated heterocycles. The number of amides is 1. The van der Waals surface area contributed by atoms with Crippen LogP contribution < -0.4 is 10.6 Å². The number of nitrogens with zero attached hydrogens (tertiary/aromatic N) is 1. The van der Waals surface area contributed by atoms with Crippen molar-refractivity contribution in [3.05, 3.63) is 17.5 Å². The van der Waals surface area contributed by atoms with Gasteiger partial charge in [0.25, 0.3) is 10.0 Å². The fourth-order valence-electron chi connectivity index (χ4n) is 3.29. The SMILES string of the molecule is O=C(NCCC1CCNC1)C1CCCN1S(=O)(=O)c1cccs1. The molecule has 2 unspecified atom stereocenters. The number of carbonyl (C=O) groups excluding carboxylic acids is 1. The van der Waals surface area contributed by atoms with Gasteiger partial charge in [0, 0.05) is 13.1 Å². The Morgan fingerprint density at radius 2 is 2.30 bits per heavy atom. The van der Waals surface area contributed by atoms with Crippen molar-refractivity contribution < 1.29 is 13.2 Å². The molecule has 1 aromatic rings. The molecule has 0 spiro atoms. The van der Waals surface area contributed by atoms with Crippen LogP contribution in [0, 0.1) is 5.92 Å². The minimum atomic E-state index is -3.55. The molecule has 1 aromatic heterocycles. The highest BCUT2D eigenvalue weighted by Crippen LogP contribution is 2.28. The molecule has 23 heavy (non-hydrogen) atoms. The Morgan fingerprint density at radius 3 is 3.00 bits per heavy atom. The predicted molar refractivity (Wildman–Crippen MR) is 89.8 cm³/mol. The van der Waals surface area contributed by atoms with Crippen LogP contribution in [0.2, 0.25) is 0 Å². The van der Waals surface area contributed by atoms with Gasteiger partial charge in [0.1, 0.15) is 10.3 Å². The second-order valence-corrected chi connectivity index (χ2v) is 9.21. The van der Waals surface area contributed by atoms with Crippen molar-refractivity contribution in [1.82, 2.24) is 14.9 Å². The Labute approximate surface area is 141 Å². The molecule has 1 amide bonds. The Hall–Kier alpha value is -0.960. The first-order chi connectivity index (χ1) is 11.1. The molecule has 0 aromatic carbocycles.